The van der Waals surface area contributed by atoms with Gasteiger partial charge in [0.05, 0.1) is 12.2 Å². The van der Waals surface area contributed by atoms with E-state index in [1.54, 1.807) is 0 Å². The van der Waals surface area contributed by atoms with E-state index in [1.807, 2.05) is 23.1 Å². The maximum Gasteiger partial charge on any atom is 0.222 e. The number of carbonyl (C=O) groups excluding carboxylic acids is 1. The second-order valence-corrected chi connectivity index (χ2v) is 6.09. The molecule has 1 aromatic rings. The van der Waals surface area contributed by atoms with Crippen molar-refractivity contribution in [2.24, 2.45) is 5.73 Å². The Kier molecular flexibility index (Phi) is 9.22. The summed E-state index contributed by atoms with van der Waals surface area (Å²) in [6.07, 6.45) is 5.06. The largest absolute Gasteiger partial charge is 0.375 e. The van der Waals surface area contributed by atoms with Gasteiger partial charge < -0.3 is 15.4 Å². The number of carbonyl (C=O) groups is 1. The number of rotatable bonds is 8. The summed E-state index contributed by atoms with van der Waals surface area (Å²) in [7, 11) is 0. The molecule has 0 radical (unpaired) electrons. The summed E-state index contributed by atoms with van der Waals surface area (Å²) in [5.74, 6) is 0.199. The summed E-state index contributed by atoms with van der Waals surface area (Å²) in [4.78, 5) is 14.3. The highest BCUT2D eigenvalue weighted by molar-refractivity contribution is 5.85. The van der Waals surface area contributed by atoms with Gasteiger partial charge in [0.1, 0.15) is 0 Å². The van der Waals surface area contributed by atoms with Gasteiger partial charge in [-0.3, -0.25) is 4.79 Å². The molecule has 2 unspecified atom stereocenters. The van der Waals surface area contributed by atoms with Crippen LogP contribution in [0.3, 0.4) is 0 Å². The second kappa shape index (κ2) is 10.6. The first-order valence-electron chi connectivity index (χ1n) is 8.36. The molecule has 5 heteroatoms. The minimum Gasteiger partial charge on any atom is -0.375 e. The lowest BCUT2D eigenvalue weighted by molar-refractivity contribution is -0.131. The number of ether oxygens (including phenoxy) is 1. The normalized spacial score (nSPS) is 20.1. The predicted molar refractivity (Wildman–Crippen MR) is 95.8 cm³/mol. The Morgan fingerprint density at radius 3 is 2.61 bits per heavy atom. The van der Waals surface area contributed by atoms with Crippen molar-refractivity contribution in [2.45, 2.75) is 51.2 Å². The summed E-state index contributed by atoms with van der Waals surface area (Å²) in [5, 5.41) is 0. The van der Waals surface area contributed by atoms with E-state index < -0.39 is 0 Å². The van der Waals surface area contributed by atoms with Gasteiger partial charge in [-0.1, -0.05) is 30.3 Å². The zero-order valence-electron chi connectivity index (χ0n) is 13.9. The Bertz CT molecular complexity index is 456. The SMILES string of the molecule is CC1CCC(CCC(=O)N(CCN)CCc2ccccc2)O1.Cl. The van der Waals surface area contributed by atoms with Gasteiger partial charge in [0.25, 0.3) is 0 Å². The van der Waals surface area contributed by atoms with Gasteiger partial charge in [-0.25, -0.2) is 0 Å². The van der Waals surface area contributed by atoms with Gasteiger partial charge >= 0.3 is 0 Å². The van der Waals surface area contributed by atoms with Gasteiger partial charge in [-0.15, -0.1) is 12.4 Å². The average Bonchev–Trinajstić information content (AvgIpc) is 2.95. The smallest absolute Gasteiger partial charge is 0.222 e. The molecule has 2 N–H and O–H groups in total. The molecule has 1 fully saturated rings. The number of hydrogen-bond donors (Lipinski definition) is 1. The van der Waals surface area contributed by atoms with Crippen LogP contribution in [0.5, 0.6) is 0 Å². The van der Waals surface area contributed by atoms with E-state index in [1.165, 1.54) is 5.56 Å². The van der Waals surface area contributed by atoms with Crippen molar-refractivity contribution in [3.05, 3.63) is 35.9 Å². The Balaban J connectivity index is 0.00000264. The van der Waals surface area contributed by atoms with Crippen LogP contribution >= 0.6 is 12.4 Å². The molecule has 1 aromatic carbocycles. The van der Waals surface area contributed by atoms with Crippen LogP contribution in [0.25, 0.3) is 0 Å². The van der Waals surface area contributed by atoms with Crippen molar-refractivity contribution < 1.29 is 9.53 Å². The molecule has 23 heavy (non-hydrogen) atoms. The highest BCUT2D eigenvalue weighted by Gasteiger charge is 2.23. The molecule has 0 bridgehead atoms. The molecule has 1 heterocycles. The fraction of sp³-hybridized carbons (Fsp3) is 0.611. The molecular formula is C18H29ClN2O2. The third-order valence-corrected chi connectivity index (χ3v) is 4.27. The molecule has 130 valence electrons. The number of halogens is 1. The Morgan fingerprint density at radius 1 is 1.26 bits per heavy atom. The quantitative estimate of drug-likeness (QED) is 0.791. The van der Waals surface area contributed by atoms with Crippen molar-refractivity contribution >= 4 is 18.3 Å². The van der Waals surface area contributed by atoms with Crippen LogP contribution in [-0.2, 0) is 16.0 Å². The van der Waals surface area contributed by atoms with Crippen molar-refractivity contribution in [3.8, 4) is 0 Å². The molecule has 1 amide bonds. The topological polar surface area (TPSA) is 55.6 Å². The molecular weight excluding hydrogens is 312 g/mol. The third kappa shape index (κ3) is 6.90. The molecule has 2 rings (SSSR count). The number of nitrogens with two attached hydrogens (primary N) is 1. The van der Waals surface area contributed by atoms with Gasteiger partial charge in [-0.2, -0.15) is 0 Å². The number of benzene rings is 1. The number of hydrogen-bond acceptors (Lipinski definition) is 3. The van der Waals surface area contributed by atoms with Gasteiger partial charge in [0.15, 0.2) is 0 Å². The van der Waals surface area contributed by atoms with Crippen LogP contribution in [0.2, 0.25) is 0 Å². The summed E-state index contributed by atoms with van der Waals surface area (Å²) in [5.41, 5.74) is 6.91. The highest BCUT2D eigenvalue weighted by atomic mass is 35.5. The van der Waals surface area contributed by atoms with Crippen LogP contribution < -0.4 is 5.73 Å². The molecule has 0 aliphatic carbocycles. The van der Waals surface area contributed by atoms with Gasteiger partial charge in [-0.05, 0) is 38.2 Å². The third-order valence-electron chi connectivity index (χ3n) is 4.27. The minimum absolute atomic E-state index is 0. The molecule has 0 aromatic heterocycles. The maximum absolute atomic E-state index is 12.4. The van der Waals surface area contributed by atoms with Crippen LogP contribution in [0.15, 0.2) is 30.3 Å². The number of nitrogens with zero attached hydrogens (tertiary/aromatic N) is 1. The first-order valence-corrected chi connectivity index (χ1v) is 8.36. The van der Waals surface area contributed by atoms with Crippen molar-refractivity contribution in [2.75, 3.05) is 19.6 Å². The molecule has 1 saturated heterocycles. The first-order chi connectivity index (χ1) is 10.7. The van der Waals surface area contributed by atoms with Crippen LogP contribution in [0, 0.1) is 0 Å². The zero-order chi connectivity index (χ0) is 15.8. The predicted octanol–water partition coefficient (Wildman–Crippen LogP) is 2.79. The minimum atomic E-state index is 0. The van der Waals surface area contributed by atoms with Crippen LogP contribution in [0.1, 0.15) is 38.2 Å². The molecule has 0 spiro atoms. The lowest BCUT2D eigenvalue weighted by Gasteiger charge is -2.23. The van der Waals surface area contributed by atoms with Crippen molar-refractivity contribution in [1.82, 2.24) is 4.90 Å². The summed E-state index contributed by atoms with van der Waals surface area (Å²) >= 11 is 0. The standard InChI is InChI=1S/C18H28N2O2.ClH/c1-15-7-8-17(22-15)9-10-18(21)20(14-12-19)13-11-16-5-3-2-4-6-16;/h2-6,15,17H,7-14,19H2,1H3;1H. The fourth-order valence-corrected chi connectivity index (χ4v) is 2.97. The van der Waals surface area contributed by atoms with E-state index in [-0.39, 0.29) is 24.4 Å². The monoisotopic (exact) mass is 340 g/mol. The van der Waals surface area contributed by atoms with E-state index in [0.29, 0.717) is 25.6 Å². The van der Waals surface area contributed by atoms with E-state index >= 15 is 0 Å². The van der Waals surface area contributed by atoms with Crippen LogP contribution in [0.4, 0.5) is 0 Å². The lowest BCUT2D eigenvalue weighted by Crippen LogP contribution is -2.37. The highest BCUT2D eigenvalue weighted by Crippen LogP contribution is 2.22. The summed E-state index contributed by atoms with van der Waals surface area (Å²) in [6.45, 7) is 3.98. The molecule has 2 atom stereocenters. The summed E-state index contributed by atoms with van der Waals surface area (Å²) < 4.78 is 5.79. The van der Waals surface area contributed by atoms with E-state index in [4.69, 9.17) is 10.5 Å². The lowest BCUT2D eigenvalue weighted by atomic mass is 10.1. The fourth-order valence-electron chi connectivity index (χ4n) is 2.97. The van der Waals surface area contributed by atoms with Crippen molar-refractivity contribution in [1.29, 1.82) is 0 Å². The van der Waals surface area contributed by atoms with E-state index in [0.717, 1.165) is 32.2 Å². The Morgan fingerprint density at radius 2 is 2.00 bits per heavy atom. The molecule has 0 saturated carbocycles. The Hall–Kier alpha value is -1.10. The second-order valence-electron chi connectivity index (χ2n) is 6.09. The Labute approximate surface area is 145 Å². The average molecular weight is 341 g/mol. The zero-order valence-corrected chi connectivity index (χ0v) is 14.8. The molecule has 1 aliphatic rings. The molecule has 4 nitrogen and oxygen atoms in total. The van der Waals surface area contributed by atoms with Gasteiger partial charge in [0.2, 0.25) is 5.91 Å². The number of amides is 1. The van der Waals surface area contributed by atoms with Gasteiger partial charge in [0, 0.05) is 26.1 Å². The van der Waals surface area contributed by atoms with Crippen molar-refractivity contribution in [3.63, 3.8) is 0 Å². The first kappa shape index (κ1) is 19.9. The van der Waals surface area contributed by atoms with Crippen LogP contribution in [-0.4, -0.2) is 42.6 Å². The summed E-state index contributed by atoms with van der Waals surface area (Å²) in [6, 6.07) is 10.3. The molecule has 1 aliphatic heterocycles. The maximum atomic E-state index is 12.4. The van der Waals surface area contributed by atoms with E-state index in [9.17, 15) is 4.79 Å². The van der Waals surface area contributed by atoms with E-state index in [2.05, 4.69) is 19.1 Å².